The van der Waals surface area contributed by atoms with E-state index in [1.54, 1.807) is 6.92 Å². The van der Waals surface area contributed by atoms with E-state index in [1.165, 1.54) is 11.3 Å². The number of halogens is 2. The first-order valence-electron chi connectivity index (χ1n) is 4.99. The predicted molar refractivity (Wildman–Crippen MR) is 73.3 cm³/mol. The van der Waals surface area contributed by atoms with E-state index in [4.69, 9.17) is 23.2 Å². The van der Waals surface area contributed by atoms with Crippen LogP contribution in [0.25, 0.3) is 10.2 Å². The van der Waals surface area contributed by atoms with Crippen LogP contribution in [0.1, 0.15) is 12.5 Å². The topological polar surface area (TPSA) is 42.0 Å². The lowest BCUT2D eigenvalue weighted by Crippen LogP contribution is -2.19. The Morgan fingerprint density at radius 3 is 2.88 bits per heavy atom. The Kier molecular flexibility index (Phi) is 3.56. The van der Waals surface area contributed by atoms with Crippen LogP contribution < -0.4 is 5.32 Å². The van der Waals surface area contributed by atoms with Crippen LogP contribution in [-0.4, -0.2) is 16.3 Å². The summed E-state index contributed by atoms with van der Waals surface area (Å²) in [5, 5.41) is 3.31. The normalized spacial score (nSPS) is 12.7. The molecule has 0 saturated heterocycles. The minimum Gasteiger partial charge on any atom is -0.301 e. The molecule has 1 heterocycles. The summed E-state index contributed by atoms with van der Waals surface area (Å²) in [6.45, 7) is 3.55. The van der Waals surface area contributed by atoms with Crippen LogP contribution in [0.4, 0.5) is 5.13 Å². The summed E-state index contributed by atoms with van der Waals surface area (Å²) in [4.78, 5) is 15.8. The average molecular weight is 289 g/mol. The van der Waals surface area contributed by atoms with Crippen molar-refractivity contribution in [3.8, 4) is 0 Å². The molecule has 1 aromatic carbocycles. The number of carbonyl (C=O) groups excluding carboxylic acids is 1. The van der Waals surface area contributed by atoms with E-state index in [1.807, 2.05) is 19.1 Å². The Bertz CT molecular complexity index is 580. The molecule has 0 aliphatic rings. The number of thiazole rings is 1. The van der Waals surface area contributed by atoms with E-state index in [0.29, 0.717) is 10.2 Å². The molecule has 1 unspecified atom stereocenters. The number of rotatable bonds is 2. The highest BCUT2D eigenvalue weighted by Crippen LogP contribution is 2.31. The van der Waals surface area contributed by atoms with Crippen LogP contribution in [0.5, 0.6) is 0 Å². The van der Waals surface area contributed by atoms with Crippen LogP contribution in [0.2, 0.25) is 5.02 Å². The summed E-state index contributed by atoms with van der Waals surface area (Å²) >= 11 is 13.0. The van der Waals surface area contributed by atoms with E-state index < -0.39 is 5.38 Å². The van der Waals surface area contributed by atoms with E-state index in [0.717, 1.165) is 15.8 Å². The first kappa shape index (κ1) is 12.6. The summed E-state index contributed by atoms with van der Waals surface area (Å²) in [5.74, 6) is -0.255. The zero-order valence-corrected chi connectivity index (χ0v) is 11.6. The molecule has 0 radical (unpaired) electrons. The van der Waals surface area contributed by atoms with E-state index >= 15 is 0 Å². The van der Waals surface area contributed by atoms with Crippen LogP contribution in [0, 0.1) is 6.92 Å². The smallest absolute Gasteiger partial charge is 0.243 e. The molecule has 90 valence electrons. The Balaban J connectivity index is 2.38. The number of amides is 1. The maximum Gasteiger partial charge on any atom is 0.243 e. The van der Waals surface area contributed by atoms with Gasteiger partial charge in [-0.05, 0) is 31.5 Å². The largest absolute Gasteiger partial charge is 0.301 e. The third kappa shape index (κ3) is 2.70. The molecule has 0 spiro atoms. The van der Waals surface area contributed by atoms with Gasteiger partial charge in [-0.2, -0.15) is 0 Å². The molecular formula is C11H10Cl2N2OS. The molecule has 0 saturated carbocycles. The SMILES string of the molecule is Cc1cc(Cl)cc2sc(NC(=O)C(C)Cl)nc12. The number of hydrogen-bond donors (Lipinski definition) is 1. The third-order valence-electron chi connectivity index (χ3n) is 2.24. The zero-order chi connectivity index (χ0) is 12.6. The molecule has 1 N–H and O–H groups in total. The fraction of sp³-hybridized carbons (Fsp3) is 0.273. The Morgan fingerprint density at radius 2 is 2.24 bits per heavy atom. The van der Waals surface area contributed by atoms with Gasteiger partial charge in [0.25, 0.3) is 0 Å². The van der Waals surface area contributed by atoms with Crippen molar-refractivity contribution in [1.82, 2.24) is 4.98 Å². The second-order valence-corrected chi connectivity index (χ2v) is 5.82. The fourth-order valence-corrected chi connectivity index (χ4v) is 2.79. The van der Waals surface area contributed by atoms with Gasteiger partial charge in [0.15, 0.2) is 5.13 Å². The molecule has 0 fully saturated rings. The van der Waals surface area contributed by atoms with Crippen molar-refractivity contribution in [2.75, 3.05) is 5.32 Å². The number of nitrogens with one attached hydrogen (secondary N) is 1. The molecule has 17 heavy (non-hydrogen) atoms. The molecule has 0 aliphatic heterocycles. The van der Waals surface area contributed by atoms with E-state index in [-0.39, 0.29) is 5.91 Å². The number of carbonyl (C=O) groups is 1. The highest BCUT2D eigenvalue weighted by Gasteiger charge is 2.13. The van der Waals surface area contributed by atoms with Crippen molar-refractivity contribution in [1.29, 1.82) is 0 Å². The summed E-state index contributed by atoms with van der Waals surface area (Å²) in [7, 11) is 0. The van der Waals surface area contributed by atoms with E-state index in [2.05, 4.69) is 10.3 Å². The van der Waals surface area contributed by atoms with Gasteiger partial charge in [0.1, 0.15) is 5.38 Å². The maximum atomic E-state index is 11.4. The first-order chi connectivity index (χ1) is 7.97. The van der Waals surface area contributed by atoms with Crippen LogP contribution in [0.3, 0.4) is 0 Å². The van der Waals surface area contributed by atoms with Gasteiger partial charge in [-0.3, -0.25) is 4.79 Å². The van der Waals surface area contributed by atoms with Crippen LogP contribution in [-0.2, 0) is 4.79 Å². The number of nitrogens with zero attached hydrogens (tertiary/aromatic N) is 1. The minimum atomic E-state index is -0.577. The third-order valence-corrected chi connectivity index (χ3v) is 3.58. The number of aromatic nitrogens is 1. The molecule has 1 aromatic heterocycles. The van der Waals surface area contributed by atoms with E-state index in [9.17, 15) is 4.79 Å². The number of anilines is 1. The molecule has 1 amide bonds. The predicted octanol–water partition coefficient (Wildman–Crippen LogP) is 3.82. The first-order valence-corrected chi connectivity index (χ1v) is 6.62. The fourth-order valence-electron chi connectivity index (χ4n) is 1.41. The molecule has 2 rings (SSSR count). The molecule has 6 heteroatoms. The summed E-state index contributed by atoms with van der Waals surface area (Å²) in [6, 6.07) is 3.68. The molecule has 0 bridgehead atoms. The van der Waals surface area contributed by atoms with Gasteiger partial charge in [-0.1, -0.05) is 22.9 Å². The van der Waals surface area contributed by atoms with Gasteiger partial charge in [0, 0.05) is 5.02 Å². The van der Waals surface area contributed by atoms with Crippen LogP contribution in [0.15, 0.2) is 12.1 Å². The van der Waals surface area contributed by atoms with Crippen LogP contribution >= 0.6 is 34.5 Å². The van der Waals surface area contributed by atoms with Gasteiger partial charge < -0.3 is 5.32 Å². The molecule has 0 aliphatic carbocycles. The quantitative estimate of drug-likeness (QED) is 0.854. The van der Waals surface area contributed by atoms with Crippen molar-refractivity contribution < 1.29 is 4.79 Å². The number of alkyl halides is 1. The van der Waals surface area contributed by atoms with Gasteiger partial charge in [0.05, 0.1) is 10.2 Å². The minimum absolute atomic E-state index is 0.255. The number of aryl methyl sites for hydroxylation is 1. The second-order valence-electron chi connectivity index (χ2n) is 3.69. The molecule has 2 aromatic rings. The van der Waals surface area contributed by atoms with Gasteiger partial charge in [0.2, 0.25) is 5.91 Å². The Morgan fingerprint density at radius 1 is 1.53 bits per heavy atom. The van der Waals surface area contributed by atoms with Crippen molar-refractivity contribution in [2.45, 2.75) is 19.2 Å². The van der Waals surface area contributed by atoms with Crippen molar-refractivity contribution in [3.63, 3.8) is 0 Å². The highest BCUT2D eigenvalue weighted by atomic mass is 35.5. The van der Waals surface area contributed by atoms with Crippen molar-refractivity contribution in [2.24, 2.45) is 0 Å². The van der Waals surface area contributed by atoms with Gasteiger partial charge in [-0.15, -0.1) is 11.6 Å². The number of fused-ring (bicyclic) bond motifs is 1. The number of hydrogen-bond acceptors (Lipinski definition) is 3. The zero-order valence-electron chi connectivity index (χ0n) is 9.25. The highest BCUT2D eigenvalue weighted by molar-refractivity contribution is 7.22. The number of benzene rings is 1. The maximum absolute atomic E-state index is 11.4. The molecular weight excluding hydrogens is 279 g/mol. The standard InChI is InChI=1S/C11H10Cl2N2OS/c1-5-3-7(13)4-8-9(5)14-11(17-8)15-10(16)6(2)12/h3-4,6H,1-2H3,(H,14,15,16). The average Bonchev–Trinajstić information content (AvgIpc) is 2.60. The molecule has 3 nitrogen and oxygen atoms in total. The monoisotopic (exact) mass is 288 g/mol. The lowest BCUT2D eigenvalue weighted by Gasteiger charge is -2.01. The summed E-state index contributed by atoms with van der Waals surface area (Å²) in [5.41, 5.74) is 1.85. The lowest BCUT2D eigenvalue weighted by molar-refractivity contribution is -0.115. The Hall–Kier alpha value is -0.840. The van der Waals surface area contributed by atoms with Crippen molar-refractivity contribution >= 4 is 55.8 Å². The van der Waals surface area contributed by atoms with Gasteiger partial charge in [-0.25, -0.2) is 4.98 Å². The second kappa shape index (κ2) is 4.80. The lowest BCUT2D eigenvalue weighted by atomic mass is 10.2. The van der Waals surface area contributed by atoms with Crippen molar-refractivity contribution in [3.05, 3.63) is 22.7 Å². The molecule has 1 atom stereocenters. The van der Waals surface area contributed by atoms with Gasteiger partial charge >= 0.3 is 0 Å². The summed E-state index contributed by atoms with van der Waals surface area (Å²) in [6.07, 6.45) is 0. The summed E-state index contributed by atoms with van der Waals surface area (Å²) < 4.78 is 0.951. The Labute approximate surface area is 113 Å².